The highest BCUT2D eigenvalue weighted by atomic mass is 35.5. The van der Waals surface area contributed by atoms with Gasteiger partial charge in [-0.2, -0.15) is 0 Å². The van der Waals surface area contributed by atoms with E-state index < -0.39 is 0 Å². The SMILES string of the molecule is CCNC(=O)c1cc2c(/C(=N\O)c3ccc(Cl)cc3)nc(N)nc2s1. The number of nitrogens with zero attached hydrogens (tertiary/aromatic N) is 3. The van der Waals surface area contributed by atoms with Crippen LogP contribution < -0.4 is 11.1 Å². The monoisotopic (exact) mass is 375 g/mol. The molecule has 0 unspecified atom stereocenters. The van der Waals surface area contributed by atoms with Gasteiger partial charge in [0.25, 0.3) is 5.91 Å². The summed E-state index contributed by atoms with van der Waals surface area (Å²) in [4.78, 5) is 21.5. The number of hydrogen-bond acceptors (Lipinski definition) is 7. The second kappa shape index (κ2) is 7.04. The number of halogens is 1. The van der Waals surface area contributed by atoms with Crippen LogP contribution in [0.4, 0.5) is 5.95 Å². The predicted octanol–water partition coefficient (Wildman–Crippen LogP) is 2.90. The molecule has 9 heteroatoms. The molecule has 3 aromatic rings. The first-order chi connectivity index (χ1) is 12.0. The molecule has 0 saturated carbocycles. The van der Waals surface area contributed by atoms with Gasteiger partial charge in [0.1, 0.15) is 16.2 Å². The fourth-order valence-electron chi connectivity index (χ4n) is 2.33. The van der Waals surface area contributed by atoms with Crippen molar-refractivity contribution in [3.05, 3.63) is 51.5 Å². The highest BCUT2D eigenvalue weighted by molar-refractivity contribution is 7.20. The van der Waals surface area contributed by atoms with Crippen LogP contribution in [0, 0.1) is 0 Å². The van der Waals surface area contributed by atoms with Crippen molar-refractivity contribution in [2.24, 2.45) is 5.16 Å². The van der Waals surface area contributed by atoms with Crippen molar-refractivity contribution in [1.29, 1.82) is 0 Å². The fourth-order valence-corrected chi connectivity index (χ4v) is 3.41. The predicted molar refractivity (Wildman–Crippen MR) is 98.7 cm³/mol. The van der Waals surface area contributed by atoms with E-state index in [2.05, 4.69) is 20.4 Å². The Morgan fingerprint density at radius 3 is 2.72 bits per heavy atom. The van der Waals surface area contributed by atoms with Crippen LogP contribution in [0.3, 0.4) is 0 Å². The third-order valence-corrected chi connectivity index (χ3v) is 4.69. The van der Waals surface area contributed by atoms with E-state index in [1.165, 1.54) is 11.3 Å². The fraction of sp³-hybridized carbons (Fsp3) is 0.125. The van der Waals surface area contributed by atoms with E-state index in [1.54, 1.807) is 30.3 Å². The van der Waals surface area contributed by atoms with Gasteiger partial charge in [0.05, 0.1) is 4.88 Å². The first-order valence-corrected chi connectivity index (χ1v) is 8.56. The van der Waals surface area contributed by atoms with E-state index in [4.69, 9.17) is 17.3 Å². The molecule has 1 aromatic carbocycles. The summed E-state index contributed by atoms with van der Waals surface area (Å²) >= 11 is 7.10. The number of aromatic nitrogens is 2. The van der Waals surface area contributed by atoms with Crippen molar-refractivity contribution < 1.29 is 10.0 Å². The smallest absolute Gasteiger partial charge is 0.261 e. The normalized spacial score (nSPS) is 11.7. The number of nitrogens with two attached hydrogens (primary N) is 1. The molecule has 128 valence electrons. The van der Waals surface area contributed by atoms with Gasteiger partial charge in [-0.15, -0.1) is 11.3 Å². The summed E-state index contributed by atoms with van der Waals surface area (Å²) in [5.41, 5.74) is 6.96. The Morgan fingerprint density at radius 2 is 2.08 bits per heavy atom. The minimum atomic E-state index is -0.205. The number of carbonyl (C=O) groups excluding carboxylic acids is 1. The van der Waals surface area contributed by atoms with Gasteiger partial charge in [0.2, 0.25) is 5.95 Å². The Bertz CT molecular complexity index is 969. The molecule has 7 nitrogen and oxygen atoms in total. The molecule has 4 N–H and O–H groups in total. The quantitative estimate of drug-likeness (QED) is 0.368. The van der Waals surface area contributed by atoms with E-state index >= 15 is 0 Å². The van der Waals surface area contributed by atoms with Gasteiger partial charge >= 0.3 is 0 Å². The van der Waals surface area contributed by atoms with Gasteiger partial charge in [-0.25, -0.2) is 9.97 Å². The van der Waals surface area contributed by atoms with Gasteiger partial charge in [-0.05, 0) is 25.1 Å². The van der Waals surface area contributed by atoms with Gasteiger partial charge in [-0.1, -0.05) is 28.9 Å². The second-order valence-electron chi connectivity index (χ2n) is 5.07. The lowest BCUT2D eigenvalue weighted by Crippen LogP contribution is -2.21. The summed E-state index contributed by atoms with van der Waals surface area (Å²) in [6, 6.07) is 8.44. The number of oxime groups is 1. The molecule has 1 amide bonds. The molecule has 0 spiro atoms. The lowest BCUT2D eigenvalue weighted by Gasteiger charge is -2.06. The highest BCUT2D eigenvalue weighted by Crippen LogP contribution is 2.28. The van der Waals surface area contributed by atoms with Crippen LogP contribution in [0.1, 0.15) is 27.9 Å². The zero-order valence-corrected chi connectivity index (χ0v) is 14.7. The van der Waals surface area contributed by atoms with Crippen LogP contribution in [-0.2, 0) is 0 Å². The number of hydrogen-bond donors (Lipinski definition) is 3. The molecule has 0 bridgehead atoms. The Kier molecular flexibility index (Phi) is 4.82. The van der Waals surface area contributed by atoms with Crippen LogP contribution in [-0.4, -0.2) is 33.3 Å². The summed E-state index contributed by atoms with van der Waals surface area (Å²) in [5, 5.41) is 16.8. The number of benzene rings is 1. The Morgan fingerprint density at radius 1 is 1.36 bits per heavy atom. The molecule has 0 aliphatic heterocycles. The molecule has 0 aliphatic carbocycles. The summed E-state index contributed by atoms with van der Waals surface area (Å²) in [7, 11) is 0. The van der Waals surface area contributed by atoms with E-state index in [-0.39, 0.29) is 17.6 Å². The molecule has 3 rings (SSSR count). The number of amides is 1. The van der Waals surface area contributed by atoms with Gasteiger partial charge in [-0.3, -0.25) is 4.79 Å². The van der Waals surface area contributed by atoms with E-state index in [9.17, 15) is 10.0 Å². The lowest BCUT2D eigenvalue weighted by molar-refractivity contribution is 0.0960. The van der Waals surface area contributed by atoms with E-state index in [0.29, 0.717) is 37.9 Å². The molecule has 25 heavy (non-hydrogen) atoms. The largest absolute Gasteiger partial charge is 0.410 e. The lowest BCUT2D eigenvalue weighted by atomic mass is 10.1. The maximum Gasteiger partial charge on any atom is 0.261 e. The first-order valence-electron chi connectivity index (χ1n) is 7.37. The molecule has 2 heterocycles. The maximum atomic E-state index is 12.1. The third-order valence-electron chi connectivity index (χ3n) is 3.41. The molecule has 2 aromatic heterocycles. The molecule has 0 saturated heterocycles. The molecule has 0 fully saturated rings. The van der Waals surface area contributed by atoms with Gasteiger partial charge < -0.3 is 16.3 Å². The minimum Gasteiger partial charge on any atom is -0.410 e. The van der Waals surface area contributed by atoms with Gasteiger partial charge in [0, 0.05) is 22.5 Å². The summed E-state index contributed by atoms with van der Waals surface area (Å²) in [6.07, 6.45) is 0. The summed E-state index contributed by atoms with van der Waals surface area (Å²) < 4.78 is 0. The van der Waals surface area contributed by atoms with E-state index in [0.717, 1.165) is 0 Å². The van der Waals surface area contributed by atoms with Crippen molar-refractivity contribution in [3.8, 4) is 0 Å². The molecular weight excluding hydrogens is 362 g/mol. The van der Waals surface area contributed by atoms with E-state index in [1.807, 2.05) is 6.92 Å². The minimum absolute atomic E-state index is 0.0295. The van der Waals surface area contributed by atoms with Crippen molar-refractivity contribution in [2.45, 2.75) is 6.92 Å². The molecule has 0 radical (unpaired) electrons. The molecule has 0 aliphatic rings. The van der Waals surface area contributed by atoms with Gasteiger partial charge in [0.15, 0.2) is 0 Å². The van der Waals surface area contributed by atoms with Crippen LogP contribution in [0.25, 0.3) is 10.2 Å². The first kappa shape index (κ1) is 17.1. The van der Waals surface area contributed by atoms with Crippen LogP contribution in [0.5, 0.6) is 0 Å². The summed E-state index contributed by atoms with van der Waals surface area (Å²) in [5.74, 6) is -0.175. The zero-order valence-electron chi connectivity index (χ0n) is 13.2. The standard InChI is InChI=1S/C16H14ClN5O2S/c1-2-19-14(23)11-7-10-13(20-16(18)21-15(10)25-11)12(22-24)8-3-5-9(17)6-4-8/h3-7,24H,2H2,1H3,(H,19,23)(H2,18,20,21)/b22-12-. The summed E-state index contributed by atoms with van der Waals surface area (Å²) in [6.45, 7) is 2.35. The van der Waals surface area contributed by atoms with Crippen LogP contribution in [0.15, 0.2) is 35.5 Å². The van der Waals surface area contributed by atoms with Crippen LogP contribution >= 0.6 is 22.9 Å². The number of rotatable bonds is 4. The number of nitrogen functional groups attached to an aromatic ring is 1. The maximum absolute atomic E-state index is 12.1. The molecule has 0 atom stereocenters. The van der Waals surface area contributed by atoms with Crippen molar-refractivity contribution in [1.82, 2.24) is 15.3 Å². The topological polar surface area (TPSA) is 113 Å². The number of thiophene rings is 1. The Labute approximate surface area is 152 Å². The third kappa shape index (κ3) is 3.40. The average molecular weight is 376 g/mol. The van der Waals surface area contributed by atoms with Crippen molar-refractivity contribution in [3.63, 3.8) is 0 Å². The molecular formula is C16H14ClN5O2S. The number of fused-ring (bicyclic) bond motifs is 1. The number of carbonyl (C=O) groups is 1. The second-order valence-corrected chi connectivity index (χ2v) is 6.54. The number of anilines is 1. The Hall–Kier alpha value is -2.71. The number of nitrogens with one attached hydrogen (secondary N) is 1. The van der Waals surface area contributed by atoms with Crippen molar-refractivity contribution >= 4 is 50.7 Å². The average Bonchev–Trinajstić information content (AvgIpc) is 3.01. The Balaban J connectivity index is 2.17. The highest BCUT2D eigenvalue weighted by Gasteiger charge is 2.19. The van der Waals surface area contributed by atoms with Crippen molar-refractivity contribution in [2.75, 3.05) is 12.3 Å². The van der Waals surface area contributed by atoms with Crippen LogP contribution in [0.2, 0.25) is 5.02 Å². The zero-order chi connectivity index (χ0) is 18.0.